The van der Waals surface area contributed by atoms with Gasteiger partial charge in [0.25, 0.3) is 4.84 Å². The smallest absolute Gasteiger partial charge is 0.288 e. The zero-order valence-electron chi connectivity index (χ0n) is 17.7. The first kappa shape index (κ1) is 20.2. The van der Waals surface area contributed by atoms with Crippen molar-refractivity contribution >= 4 is 23.1 Å². The summed E-state index contributed by atoms with van der Waals surface area (Å²) in [5.41, 5.74) is 4.33. The van der Waals surface area contributed by atoms with Gasteiger partial charge in [0, 0.05) is 36.9 Å². The summed E-state index contributed by atoms with van der Waals surface area (Å²) < 4.78 is 9.41. The standard InChI is InChI=1S/C23H21N7OS/c1-28(13-16-12-25-29(2)14-16)15-30-23(32)31-22(27-30)18-11-21(20-9-5-6-10-24-20)26-19-8-4-3-7-17(18)19/h3-12,14H,13,15H2,1-2H3. The summed E-state index contributed by atoms with van der Waals surface area (Å²) in [7, 11) is 3.91. The van der Waals surface area contributed by atoms with E-state index in [2.05, 4.69) is 20.1 Å². The molecule has 0 amide bonds. The number of nitrogens with zero attached hydrogens (tertiary/aromatic N) is 7. The fourth-order valence-corrected chi connectivity index (χ4v) is 3.82. The van der Waals surface area contributed by atoms with Crippen LogP contribution in [-0.2, 0) is 20.3 Å². The molecule has 0 saturated carbocycles. The van der Waals surface area contributed by atoms with Crippen LogP contribution in [0.4, 0.5) is 0 Å². The molecule has 0 atom stereocenters. The molecule has 0 saturated heterocycles. The van der Waals surface area contributed by atoms with E-state index in [0.717, 1.165) is 40.0 Å². The maximum Gasteiger partial charge on any atom is 0.288 e. The summed E-state index contributed by atoms with van der Waals surface area (Å²) in [5, 5.41) is 9.85. The Hall–Kier alpha value is -3.69. The Morgan fingerprint density at radius 2 is 1.94 bits per heavy atom. The Morgan fingerprint density at radius 1 is 1.09 bits per heavy atom. The highest BCUT2D eigenvalue weighted by molar-refractivity contribution is 7.71. The Balaban J connectivity index is 1.51. The molecule has 32 heavy (non-hydrogen) atoms. The maximum atomic E-state index is 5.93. The van der Waals surface area contributed by atoms with Crippen molar-refractivity contribution in [3.8, 4) is 22.8 Å². The fourth-order valence-electron chi connectivity index (χ4n) is 3.65. The Bertz CT molecular complexity index is 1440. The molecule has 8 nitrogen and oxygen atoms in total. The van der Waals surface area contributed by atoms with Crippen molar-refractivity contribution in [3.63, 3.8) is 0 Å². The molecule has 9 heteroatoms. The highest BCUT2D eigenvalue weighted by Gasteiger charge is 2.16. The maximum absolute atomic E-state index is 5.93. The molecule has 0 fully saturated rings. The van der Waals surface area contributed by atoms with Crippen LogP contribution in [-0.4, -0.2) is 41.5 Å². The topological polar surface area (TPSA) is 77.8 Å². The SMILES string of the molecule is CN(Cc1cnn(C)c1)Cn1nc(-c2cc(-c3ccccn3)nc3ccccc23)oc1=S. The van der Waals surface area contributed by atoms with E-state index in [-0.39, 0.29) is 0 Å². The zero-order chi connectivity index (χ0) is 22.1. The van der Waals surface area contributed by atoms with Crippen molar-refractivity contribution in [2.45, 2.75) is 13.2 Å². The molecule has 1 aromatic carbocycles. The third kappa shape index (κ3) is 4.08. The van der Waals surface area contributed by atoms with E-state index in [4.69, 9.17) is 21.6 Å². The summed E-state index contributed by atoms with van der Waals surface area (Å²) in [4.78, 5) is 11.6. The lowest BCUT2D eigenvalue weighted by atomic mass is 10.1. The molecule has 5 aromatic rings. The summed E-state index contributed by atoms with van der Waals surface area (Å²) in [6, 6.07) is 15.6. The van der Waals surface area contributed by atoms with Crippen LogP contribution in [0.15, 0.2) is 71.5 Å². The minimum absolute atomic E-state index is 0.318. The first-order chi connectivity index (χ1) is 15.6. The first-order valence-corrected chi connectivity index (χ1v) is 10.5. The number of fused-ring (bicyclic) bond motifs is 1. The van der Waals surface area contributed by atoms with Gasteiger partial charge in [-0.05, 0) is 43.5 Å². The molecular weight excluding hydrogens is 422 g/mol. The zero-order valence-corrected chi connectivity index (χ0v) is 18.5. The van der Waals surface area contributed by atoms with Crippen LogP contribution in [0.1, 0.15) is 5.56 Å². The van der Waals surface area contributed by atoms with E-state index in [1.54, 1.807) is 15.6 Å². The number of aromatic nitrogens is 6. The monoisotopic (exact) mass is 443 g/mol. The predicted molar refractivity (Wildman–Crippen MR) is 124 cm³/mol. The number of benzene rings is 1. The molecule has 160 valence electrons. The van der Waals surface area contributed by atoms with Gasteiger partial charge in [0.2, 0.25) is 5.89 Å². The van der Waals surface area contributed by atoms with Gasteiger partial charge in [-0.3, -0.25) is 14.6 Å². The highest BCUT2D eigenvalue weighted by Crippen LogP contribution is 2.30. The minimum atomic E-state index is 0.318. The van der Waals surface area contributed by atoms with Crippen molar-refractivity contribution in [2.24, 2.45) is 7.05 Å². The summed E-state index contributed by atoms with van der Waals surface area (Å²) >= 11 is 5.47. The second-order valence-electron chi connectivity index (χ2n) is 7.64. The highest BCUT2D eigenvalue weighted by atomic mass is 32.1. The molecule has 0 aliphatic carbocycles. The van der Waals surface area contributed by atoms with Gasteiger partial charge in [-0.15, -0.1) is 5.10 Å². The molecule has 0 radical (unpaired) electrons. The van der Waals surface area contributed by atoms with Crippen LogP contribution in [0.2, 0.25) is 0 Å². The van der Waals surface area contributed by atoms with Gasteiger partial charge in [0.05, 0.1) is 35.3 Å². The van der Waals surface area contributed by atoms with E-state index in [1.165, 1.54) is 0 Å². The quantitative estimate of drug-likeness (QED) is 0.362. The van der Waals surface area contributed by atoms with Gasteiger partial charge in [-0.1, -0.05) is 24.3 Å². The first-order valence-electron chi connectivity index (χ1n) is 10.1. The van der Waals surface area contributed by atoms with Crippen LogP contribution in [0.5, 0.6) is 0 Å². The number of rotatable bonds is 6. The largest absolute Gasteiger partial charge is 0.409 e. The van der Waals surface area contributed by atoms with Gasteiger partial charge in [-0.2, -0.15) is 5.10 Å². The number of para-hydroxylation sites is 1. The number of pyridine rings is 2. The Kier molecular flexibility index (Phi) is 5.34. The van der Waals surface area contributed by atoms with Gasteiger partial charge >= 0.3 is 0 Å². The molecule has 4 heterocycles. The lowest BCUT2D eigenvalue weighted by Crippen LogP contribution is -2.22. The average molecular weight is 444 g/mol. The van der Waals surface area contributed by atoms with Crippen molar-refractivity contribution in [3.05, 3.63) is 77.5 Å². The van der Waals surface area contributed by atoms with Crippen LogP contribution < -0.4 is 0 Å². The molecule has 5 rings (SSSR count). The molecule has 0 bridgehead atoms. The Morgan fingerprint density at radius 3 is 2.72 bits per heavy atom. The van der Waals surface area contributed by atoms with Crippen LogP contribution >= 0.6 is 12.2 Å². The summed E-state index contributed by atoms with van der Waals surface area (Å²) in [5.74, 6) is 0.459. The lowest BCUT2D eigenvalue weighted by Gasteiger charge is -2.14. The van der Waals surface area contributed by atoms with E-state index in [9.17, 15) is 0 Å². The van der Waals surface area contributed by atoms with Crippen molar-refractivity contribution in [2.75, 3.05) is 7.05 Å². The van der Waals surface area contributed by atoms with Gasteiger partial charge in [-0.25, -0.2) is 9.67 Å². The summed E-state index contributed by atoms with van der Waals surface area (Å²) in [6.45, 7) is 1.22. The molecule has 0 spiro atoms. The van der Waals surface area contributed by atoms with Crippen LogP contribution in [0.25, 0.3) is 33.7 Å². The molecule has 0 N–H and O–H groups in total. The molecule has 0 unspecified atom stereocenters. The second kappa shape index (κ2) is 8.45. The summed E-state index contributed by atoms with van der Waals surface area (Å²) in [6.07, 6.45) is 5.60. The number of aryl methyl sites for hydroxylation is 1. The van der Waals surface area contributed by atoms with Gasteiger partial charge in [0.15, 0.2) is 0 Å². The van der Waals surface area contributed by atoms with E-state index in [0.29, 0.717) is 17.4 Å². The van der Waals surface area contributed by atoms with Crippen molar-refractivity contribution in [1.82, 2.24) is 34.4 Å². The van der Waals surface area contributed by atoms with Crippen molar-refractivity contribution in [1.29, 1.82) is 0 Å². The Labute approximate surface area is 189 Å². The molecular formula is C23H21N7OS. The molecule has 0 aliphatic heterocycles. The molecule has 4 aromatic heterocycles. The van der Waals surface area contributed by atoms with Gasteiger partial charge < -0.3 is 4.42 Å². The van der Waals surface area contributed by atoms with Crippen LogP contribution in [0, 0.1) is 4.84 Å². The average Bonchev–Trinajstić information content (AvgIpc) is 3.38. The fraction of sp³-hybridized carbons (Fsp3) is 0.174. The van der Waals surface area contributed by atoms with Crippen molar-refractivity contribution < 1.29 is 4.42 Å². The van der Waals surface area contributed by atoms with Gasteiger partial charge in [0.1, 0.15) is 0 Å². The normalized spacial score (nSPS) is 11.5. The molecule has 0 aliphatic rings. The second-order valence-corrected chi connectivity index (χ2v) is 7.99. The third-order valence-electron chi connectivity index (χ3n) is 5.07. The number of hydrogen-bond acceptors (Lipinski definition) is 7. The minimum Gasteiger partial charge on any atom is -0.409 e. The van der Waals surface area contributed by atoms with E-state index < -0.39 is 0 Å². The third-order valence-corrected chi connectivity index (χ3v) is 5.36. The van der Waals surface area contributed by atoms with E-state index in [1.807, 2.05) is 75.0 Å². The number of hydrogen-bond donors (Lipinski definition) is 0. The predicted octanol–water partition coefficient (Wildman–Crippen LogP) is 4.31. The van der Waals surface area contributed by atoms with E-state index >= 15 is 0 Å². The van der Waals surface area contributed by atoms with Crippen LogP contribution in [0.3, 0.4) is 0 Å². The lowest BCUT2D eigenvalue weighted by molar-refractivity contribution is 0.240.